The molecule has 0 atom stereocenters. The molecule has 0 aromatic heterocycles. The zero-order valence-electron chi connectivity index (χ0n) is 15.0. The molecule has 2 aromatic rings. The predicted octanol–water partition coefficient (Wildman–Crippen LogP) is 3.70. The van der Waals surface area contributed by atoms with Gasteiger partial charge in [0.15, 0.2) is 0 Å². The quantitative estimate of drug-likeness (QED) is 0.456. The molecule has 4 amide bonds. The van der Waals surface area contributed by atoms with Crippen LogP contribution < -0.4 is 10.6 Å². The van der Waals surface area contributed by atoms with Gasteiger partial charge in [0.1, 0.15) is 18.0 Å². The zero-order chi connectivity index (χ0) is 22.1. The van der Waals surface area contributed by atoms with Crippen LogP contribution >= 0.6 is 15.9 Å². The first-order chi connectivity index (χ1) is 14.0. The lowest BCUT2D eigenvalue weighted by Crippen LogP contribution is -2.38. The Morgan fingerprint density at radius 2 is 1.93 bits per heavy atom. The van der Waals surface area contributed by atoms with Crippen molar-refractivity contribution in [3.05, 3.63) is 63.8 Å². The van der Waals surface area contributed by atoms with E-state index in [0.29, 0.717) is 9.37 Å². The van der Waals surface area contributed by atoms with E-state index in [-0.39, 0.29) is 22.7 Å². The Morgan fingerprint density at radius 3 is 2.63 bits per heavy atom. The Balaban J connectivity index is 1.72. The first kappa shape index (κ1) is 21.4. The molecule has 1 heterocycles. The standard InChI is InChI=1S/C19H13BrF3N3O4/c20-12-4-5-15(27)10(6-12)7-14-17(29)26(18(30)25-14)9-16(28)24-13-3-1-2-11(8-13)19(21,22)23/h1-8,27H,9H2,(H,24,28)(H,25,30)/b14-7-. The second kappa shape index (κ2) is 8.19. The van der Waals surface area contributed by atoms with Crippen molar-refractivity contribution < 1.29 is 32.7 Å². The van der Waals surface area contributed by atoms with Crippen molar-refractivity contribution in [2.45, 2.75) is 6.18 Å². The number of hydrogen-bond acceptors (Lipinski definition) is 4. The van der Waals surface area contributed by atoms with E-state index in [1.54, 1.807) is 6.07 Å². The summed E-state index contributed by atoms with van der Waals surface area (Å²) in [5.41, 5.74) is -0.991. The van der Waals surface area contributed by atoms with Crippen LogP contribution in [0.25, 0.3) is 6.08 Å². The van der Waals surface area contributed by atoms with E-state index in [2.05, 4.69) is 26.6 Å². The van der Waals surface area contributed by atoms with Crippen molar-refractivity contribution in [3.8, 4) is 5.75 Å². The van der Waals surface area contributed by atoms with Gasteiger partial charge in [-0.25, -0.2) is 9.69 Å². The first-order valence-corrected chi connectivity index (χ1v) is 9.14. The summed E-state index contributed by atoms with van der Waals surface area (Å²) in [6.45, 7) is -0.706. The van der Waals surface area contributed by atoms with Crippen LogP contribution in [0.2, 0.25) is 0 Å². The van der Waals surface area contributed by atoms with E-state index in [1.807, 2.05) is 0 Å². The first-order valence-electron chi connectivity index (χ1n) is 8.35. The number of nitrogens with one attached hydrogen (secondary N) is 2. The number of aromatic hydroxyl groups is 1. The number of alkyl halides is 3. The van der Waals surface area contributed by atoms with Gasteiger partial charge in [0, 0.05) is 15.7 Å². The third-order valence-electron chi connectivity index (χ3n) is 4.03. The number of carbonyl (C=O) groups is 3. The van der Waals surface area contributed by atoms with Crippen molar-refractivity contribution in [1.82, 2.24) is 10.2 Å². The molecule has 0 radical (unpaired) electrons. The van der Waals surface area contributed by atoms with E-state index in [1.165, 1.54) is 24.3 Å². The SMILES string of the molecule is O=C(CN1C(=O)N/C(=C\c2cc(Br)ccc2O)C1=O)Nc1cccc(C(F)(F)F)c1. The van der Waals surface area contributed by atoms with Gasteiger partial charge in [0.05, 0.1) is 5.56 Å². The van der Waals surface area contributed by atoms with Gasteiger partial charge in [0.25, 0.3) is 5.91 Å². The molecule has 1 aliphatic rings. The number of amides is 4. The fourth-order valence-electron chi connectivity index (χ4n) is 2.63. The van der Waals surface area contributed by atoms with Gasteiger partial charge in [0.2, 0.25) is 5.91 Å². The lowest BCUT2D eigenvalue weighted by Gasteiger charge is -2.13. The summed E-state index contributed by atoms with van der Waals surface area (Å²) in [5.74, 6) is -1.81. The monoisotopic (exact) mass is 483 g/mol. The van der Waals surface area contributed by atoms with Gasteiger partial charge in [-0.15, -0.1) is 0 Å². The second-order valence-corrected chi connectivity index (χ2v) is 7.13. The predicted molar refractivity (Wildman–Crippen MR) is 104 cm³/mol. The summed E-state index contributed by atoms with van der Waals surface area (Å²) in [6, 6.07) is 7.57. The molecule has 1 saturated heterocycles. The number of phenolic OH excluding ortho intramolecular Hbond substituents is 1. The van der Waals surface area contributed by atoms with E-state index < -0.39 is 36.1 Å². The van der Waals surface area contributed by atoms with Gasteiger partial charge >= 0.3 is 12.2 Å². The maximum Gasteiger partial charge on any atom is 0.416 e. The number of hydrogen-bond donors (Lipinski definition) is 3. The average Bonchev–Trinajstić information content (AvgIpc) is 2.91. The van der Waals surface area contributed by atoms with Crippen molar-refractivity contribution in [1.29, 1.82) is 0 Å². The highest BCUT2D eigenvalue weighted by atomic mass is 79.9. The molecule has 0 saturated carbocycles. The topological polar surface area (TPSA) is 98.7 Å². The average molecular weight is 484 g/mol. The summed E-state index contributed by atoms with van der Waals surface area (Å²) in [5, 5.41) is 14.4. The third kappa shape index (κ3) is 4.79. The molecule has 11 heteroatoms. The number of urea groups is 1. The van der Waals surface area contributed by atoms with Crippen LogP contribution in [0, 0.1) is 0 Å². The van der Waals surface area contributed by atoms with E-state index in [4.69, 9.17) is 0 Å². The Morgan fingerprint density at radius 1 is 1.20 bits per heavy atom. The fourth-order valence-corrected chi connectivity index (χ4v) is 3.01. The maximum atomic E-state index is 12.8. The van der Waals surface area contributed by atoms with E-state index >= 15 is 0 Å². The molecule has 3 rings (SSSR count). The number of phenols is 1. The minimum absolute atomic E-state index is 0.128. The largest absolute Gasteiger partial charge is 0.507 e. The molecule has 0 spiro atoms. The van der Waals surface area contributed by atoms with Gasteiger partial charge in [-0.3, -0.25) is 9.59 Å². The second-order valence-electron chi connectivity index (χ2n) is 6.21. The third-order valence-corrected chi connectivity index (χ3v) is 4.52. The van der Waals surface area contributed by atoms with Crippen LogP contribution in [-0.2, 0) is 15.8 Å². The van der Waals surface area contributed by atoms with Gasteiger partial charge in [-0.1, -0.05) is 22.0 Å². The summed E-state index contributed by atoms with van der Waals surface area (Å²) in [7, 11) is 0. The zero-order valence-corrected chi connectivity index (χ0v) is 16.5. The van der Waals surface area contributed by atoms with E-state index in [9.17, 15) is 32.7 Å². The van der Waals surface area contributed by atoms with Crippen molar-refractivity contribution >= 4 is 45.5 Å². The maximum absolute atomic E-state index is 12.8. The molecule has 2 aromatic carbocycles. The summed E-state index contributed by atoms with van der Waals surface area (Å²) in [4.78, 5) is 37.3. The number of imide groups is 1. The lowest BCUT2D eigenvalue weighted by molar-refractivity contribution is -0.137. The highest BCUT2D eigenvalue weighted by Gasteiger charge is 2.35. The van der Waals surface area contributed by atoms with Crippen molar-refractivity contribution in [3.63, 3.8) is 0 Å². The Hall–Kier alpha value is -3.34. The fraction of sp³-hybridized carbons (Fsp3) is 0.105. The molecule has 0 aliphatic carbocycles. The molecule has 0 bridgehead atoms. The minimum Gasteiger partial charge on any atom is -0.507 e. The molecule has 3 N–H and O–H groups in total. The Bertz CT molecular complexity index is 1070. The minimum atomic E-state index is -4.58. The number of benzene rings is 2. The van der Waals surface area contributed by atoms with E-state index in [0.717, 1.165) is 18.2 Å². The molecule has 156 valence electrons. The molecule has 7 nitrogen and oxygen atoms in total. The molecule has 1 fully saturated rings. The van der Waals surface area contributed by atoms with Crippen LogP contribution in [0.4, 0.5) is 23.7 Å². The van der Waals surface area contributed by atoms with Crippen LogP contribution in [0.5, 0.6) is 5.75 Å². The number of anilines is 1. The van der Waals surface area contributed by atoms with Crippen LogP contribution in [0.3, 0.4) is 0 Å². The Kier molecular flexibility index (Phi) is 5.83. The van der Waals surface area contributed by atoms with Crippen molar-refractivity contribution in [2.75, 3.05) is 11.9 Å². The smallest absolute Gasteiger partial charge is 0.416 e. The number of rotatable bonds is 4. The van der Waals surface area contributed by atoms with Crippen molar-refractivity contribution in [2.24, 2.45) is 0 Å². The van der Waals surface area contributed by atoms with Crippen LogP contribution in [-0.4, -0.2) is 34.4 Å². The van der Waals surface area contributed by atoms with Gasteiger partial charge < -0.3 is 15.7 Å². The summed E-state index contributed by atoms with van der Waals surface area (Å²) < 4.78 is 38.9. The normalized spacial score (nSPS) is 15.5. The molecule has 30 heavy (non-hydrogen) atoms. The number of nitrogens with zero attached hydrogens (tertiary/aromatic N) is 1. The summed E-state index contributed by atoms with van der Waals surface area (Å²) in [6.07, 6.45) is -3.34. The summed E-state index contributed by atoms with van der Waals surface area (Å²) >= 11 is 3.22. The van der Waals surface area contributed by atoms with Crippen LogP contribution in [0.1, 0.15) is 11.1 Å². The van der Waals surface area contributed by atoms with Gasteiger partial charge in [-0.05, 0) is 42.5 Å². The highest BCUT2D eigenvalue weighted by molar-refractivity contribution is 9.10. The molecule has 0 unspecified atom stereocenters. The molecular weight excluding hydrogens is 471 g/mol. The highest BCUT2D eigenvalue weighted by Crippen LogP contribution is 2.30. The number of halogens is 4. The van der Waals surface area contributed by atoms with Crippen LogP contribution in [0.15, 0.2) is 52.6 Å². The lowest BCUT2D eigenvalue weighted by atomic mass is 10.1. The molecular formula is C19H13BrF3N3O4. The number of carbonyl (C=O) groups excluding carboxylic acids is 3. The molecule has 1 aliphatic heterocycles. The Labute approximate surface area is 176 Å². The van der Waals surface area contributed by atoms with Gasteiger partial charge in [-0.2, -0.15) is 13.2 Å².